The third-order valence-corrected chi connectivity index (χ3v) is 13.2. The maximum absolute atomic E-state index is 12.5. The lowest BCUT2D eigenvalue weighted by atomic mass is 9.32. The molecule has 5 rings (SSSR count). The molecule has 5 aliphatic rings. The summed E-state index contributed by atoms with van der Waals surface area (Å²) in [5, 5.41) is 21.1. The number of carbonyl (C=O) groups is 1. The van der Waals surface area contributed by atoms with Gasteiger partial charge in [-0.15, -0.1) is 0 Å². The molecule has 9 unspecified atom stereocenters. The van der Waals surface area contributed by atoms with Crippen LogP contribution in [0, 0.1) is 50.2 Å². The number of allylic oxidation sites excluding steroid dienone is 2. The molecule has 4 fully saturated rings. The van der Waals surface area contributed by atoms with Crippen molar-refractivity contribution in [2.24, 2.45) is 50.2 Å². The Hall–Kier alpha value is -0.830. The normalized spacial score (nSPS) is 55.3. The van der Waals surface area contributed by atoms with Crippen LogP contribution in [0.3, 0.4) is 0 Å². The molecule has 0 radical (unpaired) electrons. The Morgan fingerprint density at radius 3 is 2.15 bits per heavy atom. The van der Waals surface area contributed by atoms with Crippen molar-refractivity contribution in [1.29, 1.82) is 0 Å². The summed E-state index contributed by atoms with van der Waals surface area (Å²) >= 11 is 0. The first kappa shape index (κ1) is 23.9. The molecule has 0 heterocycles. The summed E-state index contributed by atoms with van der Waals surface area (Å²) in [6.45, 7) is 16.9. The van der Waals surface area contributed by atoms with Gasteiger partial charge < -0.3 is 10.2 Å². The summed E-state index contributed by atoms with van der Waals surface area (Å²) in [4.78, 5) is 12.5. The van der Waals surface area contributed by atoms with Gasteiger partial charge in [0.15, 0.2) is 0 Å². The van der Waals surface area contributed by atoms with E-state index >= 15 is 0 Å². The van der Waals surface area contributed by atoms with E-state index in [2.05, 4.69) is 47.6 Å². The van der Waals surface area contributed by atoms with Crippen LogP contribution in [0.4, 0.5) is 0 Å². The van der Waals surface area contributed by atoms with E-state index in [1.165, 1.54) is 38.5 Å². The summed E-state index contributed by atoms with van der Waals surface area (Å²) in [5.41, 5.74) is 1.95. The number of carboxylic acid groups (broad SMARTS) is 1. The highest BCUT2D eigenvalue weighted by Gasteiger charge is 2.70. The van der Waals surface area contributed by atoms with Crippen molar-refractivity contribution >= 4 is 5.97 Å². The monoisotopic (exact) mass is 456 g/mol. The Kier molecular flexibility index (Phi) is 4.99. The van der Waals surface area contributed by atoms with Gasteiger partial charge in [-0.25, -0.2) is 0 Å². The standard InChI is InChI=1S/C30H48O3/c1-25(2)16-17-26(3)19(18-25)10-14-28(5)20(26)8-9-21-27(4)13-12-23(31)30(7,24(32)33)22(27)11-15-29(21,28)6/h10,20-23,31H,8-9,11-18H2,1-7H3,(H,32,33). The SMILES string of the molecule is CC1(C)CCC2(C)C(=CCC3(C)C2CCC2C4(C)CCC(O)C(C)(C(=O)O)C4CCC23C)C1. The number of aliphatic hydroxyl groups excluding tert-OH is 1. The molecule has 3 heteroatoms. The van der Waals surface area contributed by atoms with E-state index in [1.807, 2.05) is 6.92 Å². The summed E-state index contributed by atoms with van der Waals surface area (Å²) < 4.78 is 0. The van der Waals surface area contributed by atoms with E-state index in [0.29, 0.717) is 23.2 Å². The lowest BCUT2D eigenvalue weighted by molar-refractivity contribution is -0.242. The molecule has 0 aromatic rings. The number of fused-ring (bicyclic) bond motifs is 7. The molecule has 33 heavy (non-hydrogen) atoms. The zero-order valence-electron chi connectivity index (χ0n) is 22.3. The Bertz CT molecular complexity index is 889. The zero-order chi connectivity index (χ0) is 24.2. The predicted octanol–water partition coefficient (Wildman–Crippen LogP) is 7.23. The average molecular weight is 457 g/mol. The molecule has 0 saturated heterocycles. The summed E-state index contributed by atoms with van der Waals surface area (Å²) in [6, 6.07) is 0. The van der Waals surface area contributed by atoms with Gasteiger partial charge in [0.05, 0.1) is 11.5 Å². The molecule has 0 bridgehead atoms. The van der Waals surface area contributed by atoms with E-state index in [9.17, 15) is 15.0 Å². The molecule has 0 amide bonds. The Morgan fingerprint density at radius 1 is 0.818 bits per heavy atom. The first-order valence-corrected chi connectivity index (χ1v) is 13.8. The fraction of sp³-hybridized carbons (Fsp3) is 0.900. The smallest absolute Gasteiger partial charge is 0.312 e. The van der Waals surface area contributed by atoms with Gasteiger partial charge in [0.1, 0.15) is 0 Å². The first-order chi connectivity index (χ1) is 15.2. The number of aliphatic carboxylic acids is 1. The fourth-order valence-corrected chi connectivity index (χ4v) is 10.9. The molecular weight excluding hydrogens is 408 g/mol. The van der Waals surface area contributed by atoms with Crippen LogP contribution in [0.2, 0.25) is 0 Å². The number of aliphatic hydroxyl groups is 1. The molecule has 0 spiro atoms. The molecule has 2 N–H and O–H groups in total. The van der Waals surface area contributed by atoms with E-state index in [-0.39, 0.29) is 22.2 Å². The summed E-state index contributed by atoms with van der Waals surface area (Å²) in [7, 11) is 0. The minimum absolute atomic E-state index is 0.00714. The number of rotatable bonds is 1. The Morgan fingerprint density at radius 2 is 1.48 bits per heavy atom. The van der Waals surface area contributed by atoms with Gasteiger partial charge >= 0.3 is 5.97 Å². The minimum Gasteiger partial charge on any atom is -0.481 e. The van der Waals surface area contributed by atoms with Crippen molar-refractivity contribution in [2.45, 2.75) is 119 Å². The van der Waals surface area contributed by atoms with E-state index in [1.54, 1.807) is 5.57 Å². The molecule has 9 atom stereocenters. The second kappa shape index (κ2) is 6.89. The van der Waals surface area contributed by atoms with Gasteiger partial charge in [0.25, 0.3) is 0 Å². The second-order valence-corrected chi connectivity index (χ2v) is 14.9. The van der Waals surface area contributed by atoms with Crippen LogP contribution in [0.15, 0.2) is 11.6 Å². The van der Waals surface area contributed by atoms with Crippen molar-refractivity contribution in [1.82, 2.24) is 0 Å². The minimum atomic E-state index is -1.02. The van der Waals surface area contributed by atoms with Crippen LogP contribution in [0.1, 0.15) is 113 Å². The number of carboxylic acids is 1. The van der Waals surface area contributed by atoms with Crippen LogP contribution < -0.4 is 0 Å². The predicted molar refractivity (Wildman–Crippen MR) is 133 cm³/mol. The van der Waals surface area contributed by atoms with Gasteiger partial charge in [0.2, 0.25) is 0 Å². The van der Waals surface area contributed by atoms with Crippen molar-refractivity contribution in [3.05, 3.63) is 11.6 Å². The van der Waals surface area contributed by atoms with Crippen LogP contribution in [0.25, 0.3) is 0 Å². The third-order valence-electron chi connectivity index (χ3n) is 13.2. The van der Waals surface area contributed by atoms with E-state index < -0.39 is 17.5 Å². The summed E-state index contributed by atoms with van der Waals surface area (Å²) in [6.07, 6.45) is 13.1. The Labute approximate surface area is 201 Å². The molecule has 0 aliphatic heterocycles. The van der Waals surface area contributed by atoms with Crippen LogP contribution in [-0.4, -0.2) is 22.3 Å². The first-order valence-electron chi connectivity index (χ1n) is 13.8. The van der Waals surface area contributed by atoms with Crippen molar-refractivity contribution in [2.75, 3.05) is 0 Å². The van der Waals surface area contributed by atoms with Crippen LogP contribution >= 0.6 is 0 Å². The van der Waals surface area contributed by atoms with Gasteiger partial charge in [-0.05, 0) is 116 Å². The fourth-order valence-electron chi connectivity index (χ4n) is 10.9. The van der Waals surface area contributed by atoms with Gasteiger partial charge in [-0.2, -0.15) is 0 Å². The molecule has 186 valence electrons. The number of hydrogen-bond donors (Lipinski definition) is 2. The molecule has 3 nitrogen and oxygen atoms in total. The van der Waals surface area contributed by atoms with Gasteiger partial charge in [-0.1, -0.05) is 53.2 Å². The molecule has 0 aromatic carbocycles. The lowest BCUT2D eigenvalue weighted by Crippen LogP contribution is -2.67. The van der Waals surface area contributed by atoms with Crippen molar-refractivity contribution in [3.63, 3.8) is 0 Å². The maximum Gasteiger partial charge on any atom is 0.312 e. The molecule has 0 aromatic heterocycles. The largest absolute Gasteiger partial charge is 0.481 e. The quantitative estimate of drug-likeness (QED) is 0.409. The molecule has 5 aliphatic carbocycles. The lowest BCUT2D eigenvalue weighted by Gasteiger charge is -2.72. The maximum atomic E-state index is 12.5. The average Bonchev–Trinajstić information content (AvgIpc) is 2.72. The topological polar surface area (TPSA) is 57.5 Å². The van der Waals surface area contributed by atoms with Crippen molar-refractivity contribution in [3.8, 4) is 0 Å². The molecule has 4 saturated carbocycles. The molecular formula is C30H48O3. The number of hydrogen-bond acceptors (Lipinski definition) is 2. The van der Waals surface area contributed by atoms with Crippen LogP contribution in [0.5, 0.6) is 0 Å². The summed E-state index contributed by atoms with van der Waals surface area (Å²) in [5.74, 6) is 0.527. The Balaban J connectivity index is 1.56. The van der Waals surface area contributed by atoms with Crippen LogP contribution in [-0.2, 0) is 4.79 Å². The highest BCUT2D eigenvalue weighted by Crippen LogP contribution is 2.76. The second-order valence-electron chi connectivity index (χ2n) is 14.9. The van der Waals surface area contributed by atoms with Gasteiger partial charge in [0, 0.05) is 0 Å². The van der Waals surface area contributed by atoms with Gasteiger partial charge in [-0.3, -0.25) is 4.79 Å². The highest BCUT2D eigenvalue weighted by atomic mass is 16.4. The third kappa shape index (κ3) is 2.81. The van der Waals surface area contributed by atoms with E-state index in [0.717, 1.165) is 25.2 Å². The van der Waals surface area contributed by atoms with E-state index in [4.69, 9.17) is 0 Å². The zero-order valence-corrected chi connectivity index (χ0v) is 22.3. The highest BCUT2D eigenvalue weighted by molar-refractivity contribution is 5.76. The van der Waals surface area contributed by atoms with Crippen molar-refractivity contribution < 1.29 is 15.0 Å².